The summed E-state index contributed by atoms with van der Waals surface area (Å²) in [5.74, 6) is 0.448. The van der Waals surface area contributed by atoms with Crippen LogP contribution in [0.15, 0.2) is 18.5 Å². The molecule has 1 N–H and O–H groups in total. The molecule has 1 fully saturated rings. The van der Waals surface area contributed by atoms with Crippen LogP contribution in [-0.4, -0.2) is 81.2 Å². The minimum atomic E-state index is -0.638. The van der Waals surface area contributed by atoms with Crippen molar-refractivity contribution in [3.05, 3.63) is 38.9 Å². The topological polar surface area (TPSA) is 99.1 Å². The highest BCUT2D eigenvalue weighted by Gasteiger charge is 2.37. The van der Waals surface area contributed by atoms with Gasteiger partial charge in [0.2, 0.25) is 5.91 Å². The van der Waals surface area contributed by atoms with Crippen molar-refractivity contribution in [1.82, 2.24) is 19.8 Å². The Bertz CT molecular complexity index is 1160. The van der Waals surface area contributed by atoms with Crippen LogP contribution in [0.2, 0.25) is 4.34 Å². The van der Waals surface area contributed by atoms with Crippen LogP contribution >= 0.6 is 22.9 Å². The number of amides is 2. The molecule has 1 aliphatic heterocycles. The fourth-order valence-corrected chi connectivity index (χ4v) is 6.28. The van der Waals surface area contributed by atoms with Crippen molar-refractivity contribution in [1.29, 1.82) is 0 Å². The average molecular weight is 564 g/mol. The minimum absolute atomic E-state index is 0.0333. The molecule has 3 atom stereocenters. The molecule has 2 amide bonds. The maximum atomic E-state index is 13.9. The Labute approximate surface area is 233 Å². The van der Waals surface area contributed by atoms with Gasteiger partial charge >= 0.3 is 6.09 Å². The molecule has 0 aromatic carbocycles. The van der Waals surface area contributed by atoms with Crippen LogP contribution in [0.25, 0.3) is 0 Å². The SMILES string of the molecule is CC(C)N(C[C@@H](C(=O)N1CCN(c2ncnc3c2[C@H](C)C[C@H]3O)CC1)c1ccc(Cl)s1)C(=O)OC(C)(C)C. The van der Waals surface area contributed by atoms with E-state index in [1.165, 1.54) is 17.7 Å². The number of anilines is 1. The number of hydrogen-bond donors (Lipinski definition) is 1. The zero-order chi connectivity index (χ0) is 27.8. The van der Waals surface area contributed by atoms with Gasteiger partial charge in [-0.25, -0.2) is 14.8 Å². The number of rotatable bonds is 6. The first-order valence-corrected chi connectivity index (χ1v) is 14.4. The van der Waals surface area contributed by atoms with Crippen molar-refractivity contribution in [3.8, 4) is 0 Å². The highest BCUT2D eigenvalue weighted by atomic mass is 35.5. The number of hydrogen-bond acceptors (Lipinski definition) is 8. The number of carbonyl (C=O) groups excluding carboxylic acids is 2. The van der Waals surface area contributed by atoms with Gasteiger partial charge in [-0.3, -0.25) is 4.79 Å². The van der Waals surface area contributed by atoms with Gasteiger partial charge in [0.05, 0.1) is 22.1 Å². The Balaban J connectivity index is 1.51. The van der Waals surface area contributed by atoms with E-state index in [4.69, 9.17) is 16.3 Å². The van der Waals surface area contributed by atoms with E-state index in [0.29, 0.717) is 42.6 Å². The zero-order valence-electron chi connectivity index (χ0n) is 23.0. The van der Waals surface area contributed by atoms with Crippen LogP contribution in [-0.2, 0) is 9.53 Å². The van der Waals surface area contributed by atoms with E-state index in [1.54, 1.807) is 11.0 Å². The molecule has 0 radical (unpaired) electrons. The number of ether oxygens (including phenoxy) is 1. The second-order valence-corrected chi connectivity index (χ2v) is 13.1. The summed E-state index contributed by atoms with van der Waals surface area (Å²) in [6.45, 7) is 13.9. The van der Waals surface area contributed by atoms with Gasteiger partial charge in [0.1, 0.15) is 17.7 Å². The summed E-state index contributed by atoms with van der Waals surface area (Å²) in [6, 6.07) is 3.51. The first-order valence-electron chi connectivity index (χ1n) is 13.2. The third kappa shape index (κ3) is 6.24. The van der Waals surface area contributed by atoms with Crippen LogP contribution in [0.3, 0.4) is 0 Å². The van der Waals surface area contributed by atoms with Gasteiger partial charge in [-0.2, -0.15) is 0 Å². The third-order valence-corrected chi connectivity index (χ3v) is 8.38. The van der Waals surface area contributed by atoms with E-state index in [1.807, 2.05) is 45.6 Å². The predicted octanol–water partition coefficient (Wildman–Crippen LogP) is 4.81. The Hall–Kier alpha value is -2.43. The Morgan fingerprint density at radius 2 is 1.89 bits per heavy atom. The smallest absolute Gasteiger partial charge is 0.410 e. The molecule has 0 bridgehead atoms. The summed E-state index contributed by atoms with van der Waals surface area (Å²) >= 11 is 7.62. The van der Waals surface area contributed by atoms with Crippen molar-refractivity contribution in [3.63, 3.8) is 0 Å². The van der Waals surface area contributed by atoms with Crippen molar-refractivity contribution in [2.45, 2.75) is 77.5 Å². The largest absolute Gasteiger partial charge is 0.444 e. The monoisotopic (exact) mass is 563 g/mol. The molecule has 0 saturated carbocycles. The summed E-state index contributed by atoms with van der Waals surface area (Å²) < 4.78 is 6.25. The molecule has 0 unspecified atom stereocenters. The molecule has 2 aliphatic rings. The second-order valence-electron chi connectivity index (χ2n) is 11.4. The molecule has 208 valence electrons. The summed E-state index contributed by atoms with van der Waals surface area (Å²) in [5, 5.41) is 10.4. The number of aliphatic hydroxyl groups is 1. The number of piperazine rings is 1. The van der Waals surface area contributed by atoms with E-state index < -0.39 is 23.7 Å². The predicted molar refractivity (Wildman–Crippen MR) is 149 cm³/mol. The lowest BCUT2D eigenvalue weighted by atomic mass is 10.0. The molecule has 9 nitrogen and oxygen atoms in total. The number of carbonyl (C=O) groups is 2. The van der Waals surface area contributed by atoms with Gasteiger partial charge in [-0.15, -0.1) is 11.3 Å². The van der Waals surface area contributed by atoms with Crippen molar-refractivity contribution in [2.75, 3.05) is 37.6 Å². The normalized spacial score (nSPS) is 20.4. The lowest BCUT2D eigenvalue weighted by Gasteiger charge is -2.39. The Morgan fingerprint density at radius 1 is 1.21 bits per heavy atom. The first kappa shape index (κ1) is 28.6. The van der Waals surface area contributed by atoms with E-state index in [-0.39, 0.29) is 24.4 Å². The third-order valence-electron chi connectivity index (χ3n) is 7.04. The van der Waals surface area contributed by atoms with Gasteiger partial charge in [0.15, 0.2) is 0 Å². The average Bonchev–Trinajstić information content (AvgIpc) is 3.40. The van der Waals surface area contributed by atoms with E-state index in [0.717, 1.165) is 16.3 Å². The molecule has 1 aliphatic carbocycles. The molecule has 1 saturated heterocycles. The summed E-state index contributed by atoms with van der Waals surface area (Å²) in [4.78, 5) is 42.3. The summed E-state index contributed by atoms with van der Waals surface area (Å²) in [6.07, 6.45) is 1.17. The molecular formula is C27H38ClN5O4S. The molecule has 0 spiro atoms. The molecule has 3 heterocycles. The van der Waals surface area contributed by atoms with Crippen LogP contribution in [0.1, 0.15) is 82.0 Å². The molecule has 2 aromatic rings. The molecule has 4 rings (SSSR count). The van der Waals surface area contributed by atoms with Crippen LogP contribution in [0.4, 0.5) is 10.6 Å². The standard InChI is InChI=1S/C27H38ClN5O4S/c1-16(2)33(26(36)37-27(4,5)6)14-18(20-7-8-21(28)38-20)25(35)32-11-9-31(10-12-32)24-22-17(3)13-19(34)23(22)29-15-30-24/h7-8,15-19,34H,9-14H2,1-6H3/t17-,18-,19-/m1/s1. The number of fused-ring (bicyclic) bond motifs is 1. The number of halogens is 1. The van der Waals surface area contributed by atoms with E-state index >= 15 is 0 Å². The zero-order valence-corrected chi connectivity index (χ0v) is 24.6. The fraction of sp³-hybridized carbons (Fsp3) is 0.630. The van der Waals surface area contributed by atoms with Gasteiger partial charge in [0, 0.05) is 49.2 Å². The first-order chi connectivity index (χ1) is 17.9. The highest BCUT2D eigenvalue weighted by molar-refractivity contribution is 7.16. The van der Waals surface area contributed by atoms with E-state index in [9.17, 15) is 14.7 Å². The Kier molecular flexibility index (Phi) is 8.54. The lowest BCUT2D eigenvalue weighted by molar-refractivity contribution is -0.133. The van der Waals surface area contributed by atoms with Crippen molar-refractivity contribution >= 4 is 40.8 Å². The maximum Gasteiger partial charge on any atom is 0.410 e. The minimum Gasteiger partial charge on any atom is -0.444 e. The molecule has 2 aromatic heterocycles. The second kappa shape index (κ2) is 11.4. The number of nitrogens with zero attached hydrogens (tertiary/aromatic N) is 5. The number of aromatic nitrogens is 2. The van der Waals surface area contributed by atoms with Gasteiger partial charge in [-0.05, 0) is 59.1 Å². The molecular weight excluding hydrogens is 526 g/mol. The van der Waals surface area contributed by atoms with Crippen LogP contribution < -0.4 is 4.90 Å². The Morgan fingerprint density at radius 3 is 2.47 bits per heavy atom. The number of aliphatic hydroxyl groups excluding tert-OH is 1. The highest BCUT2D eigenvalue weighted by Crippen LogP contribution is 2.43. The number of thiophene rings is 1. The van der Waals surface area contributed by atoms with Gasteiger partial charge in [0.25, 0.3) is 0 Å². The summed E-state index contributed by atoms with van der Waals surface area (Å²) in [5.41, 5.74) is 1.09. The van der Waals surface area contributed by atoms with Crippen molar-refractivity contribution in [2.24, 2.45) is 0 Å². The quantitative estimate of drug-likeness (QED) is 0.538. The summed E-state index contributed by atoms with van der Waals surface area (Å²) in [7, 11) is 0. The van der Waals surface area contributed by atoms with Crippen LogP contribution in [0.5, 0.6) is 0 Å². The lowest BCUT2D eigenvalue weighted by Crippen LogP contribution is -2.52. The maximum absolute atomic E-state index is 13.9. The van der Waals surface area contributed by atoms with Gasteiger partial charge < -0.3 is 24.5 Å². The van der Waals surface area contributed by atoms with Gasteiger partial charge in [-0.1, -0.05) is 18.5 Å². The van der Waals surface area contributed by atoms with E-state index in [2.05, 4.69) is 21.8 Å². The van der Waals surface area contributed by atoms with Crippen LogP contribution in [0, 0.1) is 0 Å². The molecule has 11 heteroatoms. The van der Waals surface area contributed by atoms with Crippen molar-refractivity contribution < 1.29 is 19.4 Å². The fourth-order valence-electron chi connectivity index (χ4n) is 5.13. The molecule has 38 heavy (non-hydrogen) atoms.